The normalized spacial score (nSPS) is 20.3. The molecule has 5 nitrogen and oxygen atoms in total. The van der Waals surface area contributed by atoms with Gasteiger partial charge in [-0.3, -0.25) is 4.79 Å². The van der Waals surface area contributed by atoms with Crippen LogP contribution in [0.5, 0.6) is 0 Å². The Kier molecular flexibility index (Phi) is 4.67. The summed E-state index contributed by atoms with van der Waals surface area (Å²) in [5.74, 6) is 0.348. The van der Waals surface area contributed by atoms with Gasteiger partial charge in [-0.25, -0.2) is 8.42 Å². The van der Waals surface area contributed by atoms with Crippen molar-refractivity contribution >= 4 is 27.5 Å². The van der Waals surface area contributed by atoms with Crippen molar-refractivity contribution < 1.29 is 13.2 Å². The molecule has 0 bridgehead atoms. The van der Waals surface area contributed by atoms with Gasteiger partial charge in [0.2, 0.25) is 15.9 Å². The quantitative estimate of drug-likeness (QED) is 0.834. The molecule has 1 aliphatic heterocycles. The monoisotopic (exact) mass is 356 g/mol. The number of carbonyl (C=O) groups is 1. The van der Waals surface area contributed by atoms with Crippen LogP contribution in [0.3, 0.4) is 0 Å². The van der Waals surface area contributed by atoms with Crippen molar-refractivity contribution in [3.8, 4) is 0 Å². The highest BCUT2D eigenvalue weighted by Crippen LogP contribution is 2.29. The van der Waals surface area contributed by atoms with Crippen LogP contribution in [0.25, 0.3) is 0 Å². The zero-order valence-corrected chi connectivity index (χ0v) is 14.7. The van der Waals surface area contributed by atoms with Crippen molar-refractivity contribution in [2.45, 2.75) is 31.1 Å². The molecule has 7 heteroatoms. The van der Waals surface area contributed by atoms with Crippen molar-refractivity contribution in [1.82, 2.24) is 9.21 Å². The van der Waals surface area contributed by atoms with Gasteiger partial charge in [-0.2, -0.15) is 4.31 Å². The van der Waals surface area contributed by atoms with E-state index in [-0.39, 0.29) is 16.7 Å². The highest BCUT2D eigenvalue weighted by molar-refractivity contribution is 7.89. The maximum atomic E-state index is 12.7. The van der Waals surface area contributed by atoms with Crippen LogP contribution in [0.2, 0.25) is 5.02 Å². The van der Waals surface area contributed by atoms with E-state index >= 15 is 0 Å². The molecule has 0 aromatic heterocycles. The van der Waals surface area contributed by atoms with Gasteiger partial charge < -0.3 is 4.90 Å². The third-order valence-corrected chi connectivity index (χ3v) is 7.09. The fraction of sp³-hybridized carbons (Fsp3) is 0.562. The predicted octanol–water partition coefficient (Wildman–Crippen LogP) is 2.28. The van der Waals surface area contributed by atoms with Crippen LogP contribution in [0, 0.1) is 12.8 Å². The molecule has 1 heterocycles. The molecular formula is C16H21ClN2O3S. The maximum absolute atomic E-state index is 12.7. The summed E-state index contributed by atoms with van der Waals surface area (Å²) in [7, 11) is -3.55. The molecule has 0 atom stereocenters. The van der Waals surface area contributed by atoms with Crippen LogP contribution in [-0.4, -0.2) is 49.7 Å². The second kappa shape index (κ2) is 6.42. The molecule has 1 aromatic carbocycles. The number of halogens is 1. The van der Waals surface area contributed by atoms with Crippen LogP contribution < -0.4 is 0 Å². The molecule has 23 heavy (non-hydrogen) atoms. The Morgan fingerprint density at radius 3 is 2.35 bits per heavy atom. The van der Waals surface area contributed by atoms with E-state index < -0.39 is 10.0 Å². The summed E-state index contributed by atoms with van der Waals surface area (Å²) in [6.07, 6.45) is 3.07. The minimum atomic E-state index is -3.55. The maximum Gasteiger partial charge on any atom is 0.243 e. The number of benzene rings is 1. The molecule has 1 aromatic rings. The number of hydrogen-bond acceptors (Lipinski definition) is 3. The summed E-state index contributed by atoms with van der Waals surface area (Å²) in [5, 5.41) is 0.449. The Morgan fingerprint density at radius 2 is 1.83 bits per heavy atom. The third-order valence-electron chi connectivity index (χ3n) is 4.79. The molecule has 1 saturated heterocycles. The van der Waals surface area contributed by atoms with Gasteiger partial charge in [0.1, 0.15) is 0 Å². The van der Waals surface area contributed by atoms with E-state index in [4.69, 9.17) is 11.6 Å². The first-order valence-electron chi connectivity index (χ1n) is 7.94. The predicted molar refractivity (Wildman–Crippen MR) is 88.9 cm³/mol. The molecule has 3 rings (SSSR count). The first kappa shape index (κ1) is 16.7. The number of amides is 1. The largest absolute Gasteiger partial charge is 0.340 e. The van der Waals surface area contributed by atoms with Gasteiger partial charge in [0.05, 0.1) is 4.90 Å². The van der Waals surface area contributed by atoms with Crippen molar-refractivity contribution in [2.24, 2.45) is 5.92 Å². The van der Waals surface area contributed by atoms with Crippen molar-refractivity contribution in [1.29, 1.82) is 0 Å². The zero-order valence-electron chi connectivity index (χ0n) is 13.2. The first-order valence-corrected chi connectivity index (χ1v) is 9.76. The molecule has 0 radical (unpaired) electrons. The summed E-state index contributed by atoms with van der Waals surface area (Å²) in [6, 6.07) is 4.80. The number of piperazine rings is 1. The smallest absolute Gasteiger partial charge is 0.243 e. The molecule has 0 spiro atoms. The van der Waals surface area contributed by atoms with E-state index in [0.717, 1.165) is 24.8 Å². The Bertz CT molecular complexity index is 708. The van der Waals surface area contributed by atoms with E-state index in [1.165, 1.54) is 10.4 Å². The minimum Gasteiger partial charge on any atom is -0.340 e. The van der Waals surface area contributed by atoms with Crippen LogP contribution >= 0.6 is 11.6 Å². The summed E-state index contributed by atoms with van der Waals surface area (Å²) < 4.78 is 26.8. The van der Waals surface area contributed by atoms with Gasteiger partial charge in [0.25, 0.3) is 0 Å². The van der Waals surface area contributed by atoms with Gasteiger partial charge in [0.15, 0.2) is 0 Å². The number of rotatable bonds is 3. The molecule has 1 aliphatic carbocycles. The number of nitrogens with zero attached hydrogens (tertiary/aromatic N) is 2. The number of carbonyl (C=O) groups excluding carboxylic acids is 1. The molecule has 126 valence electrons. The second-order valence-electron chi connectivity index (χ2n) is 6.27. The lowest BCUT2D eigenvalue weighted by molar-refractivity contribution is -0.139. The number of aryl methyl sites for hydroxylation is 1. The number of hydrogen-bond donors (Lipinski definition) is 0. The Balaban J connectivity index is 1.68. The van der Waals surface area contributed by atoms with E-state index in [2.05, 4.69) is 0 Å². The van der Waals surface area contributed by atoms with Crippen LogP contribution in [0.1, 0.15) is 24.8 Å². The lowest BCUT2D eigenvalue weighted by atomic mass is 9.84. The lowest BCUT2D eigenvalue weighted by Crippen LogP contribution is -2.52. The summed E-state index contributed by atoms with van der Waals surface area (Å²) in [5.41, 5.74) is 0.849. The van der Waals surface area contributed by atoms with E-state index in [1.807, 2.05) is 6.92 Å². The van der Waals surface area contributed by atoms with E-state index in [1.54, 1.807) is 17.0 Å². The van der Waals surface area contributed by atoms with Gasteiger partial charge in [-0.05, 0) is 37.5 Å². The molecule has 1 saturated carbocycles. The van der Waals surface area contributed by atoms with Gasteiger partial charge in [-0.1, -0.05) is 24.1 Å². The second-order valence-corrected chi connectivity index (χ2v) is 8.61. The summed E-state index contributed by atoms with van der Waals surface area (Å²) in [4.78, 5) is 14.2. The standard InChI is InChI=1S/C16H21ClN2O3S/c1-12-5-6-14(11-15(12)17)23(21,22)19-9-7-18(8-10-19)16(20)13-3-2-4-13/h5-6,11,13H,2-4,7-10H2,1H3. The summed E-state index contributed by atoms with van der Waals surface area (Å²) >= 11 is 6.04. The highest BCUT2D eigenvalue weighted by Gasteiger charge is 2.34. The van der Waals surface area contributed by atoms with Crippen molar-refractivity contribution in [3.05, 3.63) is 28.8 Å². The zero-order chi connectivity index (χ0) is 16.6. The fourth-order valence-electron chi connectivity index (χ4n) is 2.95. The lowest BCUT2D eigenvalue weighted by Gasteiger charge is -2.37. The van der Waals surface area contributed by atoms with Gasteiger partial charge in [0, 0.05) is 37.1 Å². The molecule has 2 aliphatic rings. The molecule has 2 fully saturated rings. The van der Waals surface area contributed by atoms with Crippen LogP contribution in [0.4, 0.5) is 0 Å². The first-order chi connectivity index (χ1) is 10.9. The van der Waals surface area contributed by atoms with Gasteiger partial charge >= 0.3 is 0 Å². The SMILES string of the molecule is Cc1ccc(S(=O)(=O)N2CCN(C(=O)C3CCC3)CC2)cc1Cl. The molecule has 0 unspecified atom stereocenters. The average Bonchev–Trinajstić information content (AvgIpc) is 2.48. The van der Waals surface area contributed by atoms with Crippen LogP contribution in [0.15, 0.2) is 23.1 Å². The summed E-state index contributed by atoms with van der Waals surface area (Å²) in [6.45, 7) is 3.45. The third kappa shape index (κ3) is 3.25. The fourth-order valence-corrected chi connectivity index (χ4v) is 4.64. The molecular weight excluding hydrogens is 336 g/mol. The van der Waals surface area contributed by atoms with Crippen LogP contribution in [-0.2, 0) is 14.8 Å². The molecule has 1 amide bonds. The van der Waals surface area contributed by atoms with Crippen molar-refractivity contribution in [2.75, 3.05) is 26.2 Å². The van der Waals surface area contributed by atoms with Crippen molar-refractivity contribution in [3.63, 3.8) is 0 Å². The number of sulfonamides is 1. The Hall–Kier alpha value is -1.11. The topological polar surface area (TPSA) is 57.7 Å². The average molecular weight is 357 g/mol. The molecule has 0 N–H and O–H groups in total. The highest BCUT2D eigenvalue weighted by atomic mass is 35.5. The van der Waals surface area contributed by atoms with Gasteiger partial charge in [-0.15, -0.1) is 0 Å². The Labute approximate surface area is 142 Å². The van der Waals surface area contributed by atoms with E-state index in [0.29, 0.717) is 31.2 Å². The minimum absolute atomic E-state index is 0.161. The van der Waals surface area contributed by atoms with E-state index in [9.17, 15) is 13.2 Å². The Morgan fingerprint density at radius 1 is 1.17 bits per heavy atom.